The number of carbonyl (C=O) groups excluding carboxylic acids is 1. The van der Waals surface area contributed by atoms with E-state index in [9.17, 15) is 4.79 Å². The normalized spacial score (nSPS) is 11.4. The van der Waals surface area contributed by atoms with Crippen molar-refractivity contribution in [3.63, 3.8) is 0 Å². The predicted molar refractivity (Wildman–Crippen MR) is 99.3 cm³/mol. The number of hydrogen-bond donors (Lipinski definition) is 2. The second kappa shape index (κ2) is 9.53. The van der Waals surface area contributed by atoms with Gasteiger partial charge in [-0.3, -0.25) is 0 Å². The maximum Gasteiger partial charge on any atom is 0.319 e. The summed E-state index contributed by atoms with van der Waals surface area (Å²) in [5.74, 6) is 1.70. The zero-order chi connectivity index (χ0) is 18.9. The molecule has 2 rings (SSSR count). The Bertz CT molecular complexity index is 736. The van der Waals surface area contributed by atoms with Crippen LogP contribution in [0.15, 0.2) is 42.5 Å². The summed E-state index contributed by atoms with van der Waals surface area (Å²) in [7, 11) is 6.24. The summed E-state index contributed by atoms with van der Waals surface area (Å²) in [6.07, 6.45) is -0.343. The smallest absolute Gasteiger partial charge is 0.319 e. The predicted octanol–water partition coefficient (Wildman–Crippen LogP) is 3.22. The summed E-state index contributed by atoms with van der Waals surface area (Å²) in [6.45, 7) is 0.273. The average molecular weight is 360 g/mol. The summed E-state index contributed by atoms with van der Waals surface area (Å²) in [6, 6.07) is 12.4. The van der Waals surface area contributed by atoms with Gasteiger partial charge in [-0.2, -0.15) is 0 Å². The van der Waals surface area contributed by atoms with Gasteiger partial charge in [0.15, 0.2) is 11.5 Å². The average Bonchev–Trinajstić information content (AvgIpc) is 2.68. The number of benzene rings is 2. The molecule has 0 aliphatic rings. The van der Waals surface area contributed by atoms with Gasteiger partial charge in [-0.05, 0) is 18.2 Å². The first-order valence-corrected chi connectivity index (χ1v) is 8.06. The fraction of sp³-hybridized carbons (Fsp3) is 0.316. The maximum absolute atomic E-state index is 12.3. The summed E-state index contributed by atoms with van der Waals surface area (Å²) >= 11 is 0. The fourth-order valence-corrected chi connectivity index (χ4v) is 2.59. The SMILES string of the molecule is COc1ccccc1C(CNC(=O)Nc1cccc(OC)c1OC)OC. The minimum Gasteiger partial charge on any atom is -0.496 e. The van der Waals surface area contributed by atoms with Gasteiger partial charge < -0.3 is 29.6 Å². The molecule has 7 nitrogen and oxygen atoms in total. The van der Waals surface area contributed by atoms with Crippen LogP contribution in [0.2, 0.25) is 0 Å². The molecular formula is C19H24N2O5. The van der Waals surface area contributed by atoms with E-state index in [1.165, 1.54) is 14.2 Å². The number of amides is 2. The molecule has 0 aromatic heterocycles. The first-order valence-electron chi connectivity index (χ1n) is 8.06. The zero-order valence-corrected chi connectivity index (χ0v) is 15.4. The number of carbonyl (C=O) groups is 1. The number of methoxy groups -OCH3 is 4. The van der Waals surface area contributed by atoms with E-state index < -0.39 is 0 Å². The summed E-state index contributed by atoms with van der Waals surface area (Å²) in [4.78, 5) is 12.3. The van der Waals surface area contributed by atoms with Crippen LogP contribution in [0.5, 0.6) is 17.2 Å². The molecule has 0 aliphatic heterocycles. The van der Waals surface area contributed by atoms with E-state index in [2.05, 4.69) is 10.6 Å². The van der Waals surface area contributed by atoms with E-state index in [4.69, 9.17) is 18.9 Å². The van der Waals surface area contributed by atoms with Crippen LogP contribution in [0.25, 0.3) is 0 Å². The first kappa shape index (κ1) is 19.4. The van der Waals surface area contributed by atoms with Crippen molar-refractivity contribution in [2.24, 2.45) is 0 Å². The largest absolute Gasteiger partial charge is 0.496 e. The Balaban J connectivity index is 2.04. The summed E-state index contributed by atoms with van der Waals surface area (Å²) in [5, 5.41) is 5.55. The highest BCUT2D eigenvalue weighted by atomic mass is 16.5. The van der Waals surface area contributed by atoms with Crippen LogP contribution in [0, 0.1) is 0 Å². The molecule has 0 aliphatic carbocycles. The second-order valence-electron chi connectivity index (χ2n) is 5.34. The Hall–Kier alpha value is -2.93. The van der Waals surface area contributed by atoms with Gasteiger partial charge in [-0.25, -0.2) is 4.79 Å². The zero-order valence-electron chi connectivity index (χ0n) is 15.4. The number of hydrogen-bond acceptors (Lipinski definition) is 5. The lowest BCUT2D eigenvalue weighted by Gasteiger charge is -2.19. The molecule has 0 heterocycles. The first-order chi connectivity index (χ1) is 12.6. The maximum atomic E-state index is 12.3. The summed E-state index contributed by atoms with van der Waals surface area (Å²) in [5.41, 5.74) is 1.37. The third-order valence-corrected chi connectivity index (χ3v) is 3.87. The Kier molecular flexibility index (Phi) is 7.11. The molecule has 0 fully saturated rings. The standard InChI is InChI=1S/C19H24N2O5/c1-23-15-10-6-5-8-13(15)17(25-3)12-20-19(22)21-14-9-7-11-16(24-2)18(14)26-4/h5-11,17H,12H2,1-4H3,(H2,20,21,22). The van der Waals surface area contributed by atoms with Crippen molar-refractivity contribution in [2.45, 2.75) is 6.10 Å². The lowest BCUT2D eigenvalue weighted by atomic mass is 10.1. The molecule has 0 radical (unpaired) electrons. The Labute approximate surface area is 153 Å². The van der Waals surface area contributed by atoms with E-state index in [0.717, 1.165) is 5.56 Å². The molecule has 2 aromatic carbocycles. The highest BCUT2D eigenvalue weighted by molar-refractivity contribution is 5.91. The van der Waals surface area contributed by atoms with Gasteiger partial charge in [0, 0.05) is 19.2 Å². The molecule has 0 saturated heterocycles. The third-order valence-electron chi connectivity index (χ3n) is 3.87. The van der Waals surface area contributed by atoms with Crippen LogP contribution in [-0.2, 0) is 4.74 Å². The number of nitrogens with one attached hydrogen (secondary N) is 2. The van der Waals surface area contributed by atoms with Gasteiger partial charge in [0.05, 0.1) is 27.0 Å². The number of para-hydroxylation sites is 2. The van der Waals surface area contributed by atoms with E-state index in [1.807, 2.05) is 24.3 Å². The van der Waals surface area contributed by atoms with Crippen LogP contribution in [0.3, 0.4) is 0 Å². The van der Waals surface area contributed by atoms with E-state index in [1.54, 1.807) is 32.4 Å². The van der Waals surface area contributed by atoms with Crippen LogP contribution in [-0.4, -0.2) is 41.0 Å². The van der Waals surface area contributed by atoms with Crippen molar-refractivity contribution in [1.29, 1.82) is 0 Å². The molecule has 2 amide bonds. The molecule has 1 atom stereocenters. The van der Waals surface area contributed by atoms with Gasteiger partial charge in [0.25, 0.3) is 0 Å². The molecule has 0 spiro atoms. The molecule has 26 heavy (non-hydrogen) atoms. The van der Waals surface area contributed by atoms with Crippen molar-refractivity contribution in [1.82, 2.24) is 5.32 Å². The third kappa shape index (κ3) is 4.58. The van der Waals surface area contributed by atoms with Crippen molar-refractivity contribution in [3.05, 3.63) is 48.0 Å². The minimum absolute atomic E-state index is 0.273. The molecule has 140 valence electrons. The van der Waals surface area contributed by atoms with Gasteiger partial charge in [-0.1, -0.05) is 24.3 Å². The monoisotopic (exact) mass is 360 g/mol. The Morgan fingerprint density at radius 3 is 2.27 bits per heavy atom. The summed E-state index contributed by atoms with van der Waals surface area (Å²) < 4.78 is 21.4. The lowest BCUT2D eigenvalue weighted by molar-refractivity contribution is 0.102. The quantitative estimate of drug-likeness (QED) is 0.756. The fourth-order valence-electron chi connectivity index (χ4n) is 2.59. The number of urea groups is 1. The second-order valence-corrected chi connectivity index (χ2v) is 5.34. The van der Waals surface area contributed by atoms with Gasteiger partial charge >= 0.3 is 6.03 Å². The van der Waals surface area contributed by atoms with Crippen molar-refractivity contribution >= 4 is 11.7 Å². The van der Waals surface area contributed by atoms with Crippen LogP contribution in [0.1, 0.15) is 11.7 Å². The molecule has 0 bridgehead atoms. The van der Waals surface area contributed by atoms with E-state index in [-0.39, 0.29) is 18.7 Å². The molecule has 2 N–H and O–H groups in total. The van der Waals surface area contributed by atoms with E-state index in [0.29, 0.717) is 22.9 Å². The van der Waals surface area contributed by atoms with Gasteiger partial charge in [-0.15, -0.1) is 0 Å². The Morgan fingerprint density at radius 2 is 1.62 bits per heavy atom. The minimum atomic E-state index is -0.381. The Morgan fingerprint density at radius 1 is 0.923 bits per heavy atom. The van der Waals surface area contributed by atoms with Gasteiger partial charge in [0.1, 0.15) is 11.9 Å². The molecule has 1 unspecified atom stereocenters. The van der Waals surface area contributed by atoms with Crippen LogP contribution < -0.4 is 24.8 Å². The molecule has 2 aromatic rings. The van der Waals surface area contributed by atoms with Crippen LogP contribution >= 0.6 is 0 Å². The van der Waals surface area contributed by atoms with Gasteiger partial charge in [0.2, 0.25) is 0 Å². The van der Waals surface area contributed by atoms with E-state index >= 15 is 0 Å². The van der Waals surface area contributed by atoms with Crippen molar-refractivity contribution in [3.8, 4) is 17.2 Å². The molecule has 0 saturated carbocycles. The van der Waals surface area contributed by atoms with Crippen molar-refractivity contribution < 1.29 is 23.7 Å². The number of anilines is 1. The number of rotatable bonds is 8. The number of ether oxygens (including phenoxy) is 4. The van der Waals surface area contributed by atoms with Crippen LogP contribution in [0.4, 0.5) is 10.5 Å². The molecule has 7 heteroatoms. The highest BCUT2D eigenvalue weighted by Gasteiger charge is 2.17. The highest BCUT2D eigenvalue weighted by Crippen LogP contribution is 2.34. The van der Waals surface area contributed by atoms with Crippen molar-refractivity contribution in [2.75, 3.05) is 40.3 Å². The topological polar surface area (TPSA) is 78.1 Å². The molecular weight excluding hydrogens is 336 g/mol. The lowest BCUT2D eigenvalue weighted by Crippen LogP contribution is -2.33.